The van der Waals surface area contributed by atoms with Crippen LogP contribution in [0, 0.1) is 0 Å². The average molecular weight is 262 g/mol. The summed E-state index contributed by atoms with van der Waals surface area (Å²) in [4.78, 5) is 11.7. The smallest absolute Gasteiger partial charge is 0.237 e. The van der Waals surface area contributed by atoms with Crippen molar-refractivity contribution in [2.24, 2.45) is 0 Å². The molecule has 1 aliphatic heterocycles. The number of nitrogens with one attached hydrogen (secondary N) is 2. The lowest BCUT2D eigenvalue weighted by Gasteiger charge is -2.12. The first-order valence-corrected chi connectivity index (χ1v) is 7.02. The van der Waals surface area contributed by atoms with Crippen LogP contribution in [0.25, 0.3) is 0 Å². The normalized spacial score (nSPS) is 18.3. The summed E-state index contributed by atoms with van der Waals surface area (Å²) in [6, 6.07) is 8.05. The van der Waals surface area contributed by atoms with Crippen molar-refractivity contribution in [3.8, 4) is 5.75 Å². The predicted octanol–water partition coefficient (Wildman–Crippen LogP) is 1.50. The van der Waals surface area contributed by atoms with E-state index < -0.39 is 0 Å². The lowest BCUT2D eigenvalue weighted by Crippen LogP contribution is -2.41. The lowest BCUT2D eigenvalue weighted by molar-refractivity contribution is -0.122. The molecule has 0 saturated carbocycles. The van der Waals surface area contributed by atoms with E-state index in [1.165, 1.54) is 5.56 Å². The third kappa shape index (κ3) is 4.24. The molecule has 0 aliphatic carbocycles. The largest absolute Gasteiger partial charge is 0.492 e. The standard InChI is InChI=1S/C15H22N2O2/c1-2-12-5-3-6-13(11-12)19-10-9-17-15(18)14-7-4-8-16-14/h3,5-6,11,14,16H,2,4,7-10H2,1H3,(H,17,18)/t14-/m0/s1. The summed E-state index contributed by atoms with van der Waals surface area (Å²) in [6.45, 7) is 4.12. The Kier molecular flexibility index (Phi) is 5.21. The van der Waals surface area contributed by atoms with Gasteiger partial charge in [-0.05, 0) is 43.5 Å². The van der Waals surface area contributed by atoms with Crippen molar-refractivity contribution in [2.45, 2.75) is 32.2 Å². The van der Waals surface area contributed by atoms with Gasteiger partial charge >= 0.3 is 0 Å². The van der Waals surface area contributed by atoms with Gasteiger partial charge in [0.05, 0.1) is 12.6 Å². The number of carbonyl (C=O) groups excluding carboxylic acids is 1. The van der Waals surface area contributed by atoms with Crippen LogP contribution in [0.15, 0.2) is 24.3 Å². The molecule has 1 saturated heterocycles. The highest BCUT2D eigenvalue weighted by molar-refractivity contribution is 5.81. The Bertz CT molecular complexity index is 414. The number of amides is 1. The molecule has 1 fully saturated rings. The molecule has 0 spiro atoms. The van der Waals surface area contributed by atoms with Gasteiger partial charge in [-0.1, -0.05) is 19.1 Å². The van der Waals surface area contributed by atoms with E-state index in [0.717, 1.165) is 31.6 Å². The molecule has 2 N–H and O–H groups in total. The number of carbonyl (C=O) groups is 1. The van der Waals surface area contributed by atoms with Crippen LogP contribution >= 0.6 is 0 Å². The molecule has 4 nitrogen and oxygen atoms in total. The highest BCUT2D eigenvalue weighted by Gasteiger charge is 2.21. The van der Waals surface area contributed by atoms with Crippen molar-refractivity contribution in [1.29, 1.82) is 0 Å². The van der Waals surface area contributed by atoms with Gasteiger partial charge in [-0.25, -0.2) is 0 Å². The Morgan fingerprint density at radius 3 is 3.16 bits per heavy atom. The van der Waals surface area contributed by atoms with Crippen molar-refractivity contribution in [1.82, 2.24) is 10.6 Å². The molecule has 0 aromatic heterocycles. The highest BCUT2D eigenvalue weighted by atomic mass is 16.5. The summed E-state index contributed by atoms with van der Waals surface area (Å²) in [7, 11) is 0. The molecule has 0 bridgehead atoms. The van der Waals surface area contributed by atoms with E-state index in [1.54, 1.807) is 0 Å². The monoisotopic (exact) mass is 262 g/mol. The molecular weight excluding hydrogens is 240 g/mol. The van der Waals surface area contributed by atoms with E-state index in [2.05, 4.69) is 23.6 Å². The number of rotatable bonds is 6. The number of hydrogen-bond acceptors (Lipinski definition) is 3. The molecule has 1 aromatic rings. The third-order valence-electron chi connectivity index (χ3n) is 3.35. The molecule has 1 atom stereocenters. The zero-order valence-electron chi connectivity index (χ0n) is 11.4. The zero-order chi connectivity index (χ0) is 13.5. The molecule has 1 aliphatic rings. The quantitative estimate of drug-likeness (QED) is 0.764. The van der Waals surface area contributed by atoms with E-state index in [1.807, 2.05) is 18.2 Å². The summed E-state index contributed by atoms with van der Waals surface area (Å²) in [5, 5.41) is 6.07. The van der Waals surface area contributed by atoms with Crippen LogP contribution in [-0.2, 0) is 11.2 Å². The topological polar surface area (TPSA) is 50.4 Å². The molecular formula is C15H22N2O2. The fraction of sp³-hybridized carbons (Fsp3) is 0.533. The molecule has 1 amide bonds. The number of hydrogen-bond donors (Lipinski definition) is 2. The second kappa shape index (κ2) is 7.14. The minimum Gasteiger partial charge on any atom is -0.492 e. The van der Waals surface area contributed by atoms with Gasteiger partial charge in [-0.2, -0.15) is 0 Å². The van der Waals surface area contributed by atoms with Crippen LogP contribution < -0.4 is 15.4 Å². The Labute approximate surface area is 114 Å². The predicted molar refractivity (Wildman–Crippen MR) is 75.3 cm³/mol. The first kappa shape index (κ1) is 13.9. The maximum atomic E-state index is 11.7. The Balaban J connectivity index is 1.67. The van der Waals surface area contributed by atoms with Crippen molar-refractivity contribution in [3.05, 3.63) is 29.8 Å². The maximum Gasteiger partial charge on any atom is 0.237 e. The van der Waals surface area contributed by atoms with Crippen LogP contribution in [0.2, 0.25) is 0 Å². The van der Waals surface area contributed by atoms with Crippen LogP contribution in [0.5, 0.6) is 5.75 Å². The SMILES string of the molecule is CCc1cccc(OCCNC(=O)[C@@H]2CCCN2)c1. The average Bonchev–Trinajstić information content (AvgIpc) is 2.98. The van der Waals surface area contributed by atoms with E-state index >= 15 is 0 Å². The number of aryl methyl sites for hydroxylation is 1. The van der Waals surface area contributed by atoms with Gasteiger partial charge < -0.3 is 15.4 Å². The van der Waals surface area contributed by atoms with E-state index in [4.69, 9.17) is 4.74 Å². The molecule has 1 aromatic carbocycles. The molecule has 0 unspecified atom stereocenters. The first-order valence-electron chi connectivity index (χ1n) is 7.02. The van der Waals surface area contributed by atoms with Gasteiger partial charge in [0.2, 0.25) is 5.91 Å². The van der Waals surface area contributed by atoms with Crippen molar-refractivity contribution >= 4 is 5.91 Å². The second-order valence-corrected chi connectivity index (χ2v) is 4.79. The lowest BCUT2D eigenvalue weighted by atomic mass is 10.2. The maximum absolute atomic E-state index is 11.7. The Morgan fingerprint density at radius 1 is 1.53 bits per heavy atom. The summed E-state index contributed by atoms with van der Waals surface area (Å²) in [5.74, 6) is 0.955. The van der Waals surface area contributed by atoms with Gasteiger partial charge in [-0.3, -0.25) is 4.79 Å². The van der Waals surface area contributed by atoms with Crippen LogP contribution in [-0.4, -0.2) is 31.6 Å². The van der Waals surface area contributed by atoms with E-state index in [-0.39, 0.29) is 11.9 Å². The first-order chi connectivity index (χ1) is 9.29. The summed E-state index contributed by atoms with van der Waals surface area (Å²) in [5.41, 5.74) is 1.26. The summed E-state index contributed by atoms with van der Waals surface area (Å²) in [6.07, 6.45) is 3.02. The molecule has 1 heterocycles. The van der Waals surface area contributed by atoms with Crippen LogP contribution in [0.3, 0.4) is 0 Å². The van der Waals surface area contributed by atoms with Crippen molar-refractivity contribution in [2.75, 3.05) is 19.7 Å². The number of benzene rings is 1. The van der Waals surface area contributed by atoms with Crippen LogP contribution in [0.1, 0.15) is 25.3 Å². The van der Waals surface area contributed by atoms with Gasteiger partial charge in [0.15, 0.2) is 0 Å². The van der Waals surface area contributed by atoms with E-state index in [0.29, 0.717) is 13.2 Å². The molecule has 104 valence electrons. The van der Waals surface area contributed by atoms with Crippen LogP contribution in [0.4, 0.5) is 0 Å². The minimum atomic E-state index is -0.0107. The second-order valence-electron chi connectivity index (χ2n) is 4.79. The Morgan fingerprint density at radius 2 is 2.42 bits per heavy atom. The van der Waals surface area contributed by atoms with Gasteiger partial charge in [-0.15, -0.1) is 0 Å². The van der Waals surface area contributed by atoms with Gasteiger partial charge in [0, 0.05) is 0 Å². The minimum absolute atomic E-state index is 0.0107. The molecule has 4 heteroatoms. The summed E-state index contributed by atoms with van der Waals surface area (Å²) < 4.78 is 5.63. The zero-order valence-corrected chi connectivity index (χ0v) is 11.4. The fourth-order valence-electron chi connectivity index (χ4n) is 2.23. The highest BCUT2D eigenvalue weighted by Crippen LogP contribution is 2.13. The molecule has 0 radical (unpaired) electrons. The fourth-order valence-corrected chi connectivity index (χ4v) is 2.23. The molecule has 19 heavy (non-hydrogen) atoms. The van der Waals surface area contributed by atoms with Crippen molar-refractivity contribution in [3.63, 3.8) is 0 Å². The Hall–Kier alpha value is -1.55. The third-order valence-corrected chi connectivity index (χ3v) is 3.35. The van der Waals surface area contributed by atoms with E-state index in [9.17, 15) is 4.79 Å². The van der Waals surface area contributed by atoms with Gasteiger partial charge in [0.25, 0.3) is 0 Å². The van der Waals surface area contributed by atoms with Gasteiger partial charge in [0.1, 0.15) is 12.4 Å². The molecule has 2 rings (SSSR count). The number of ether oxygens (including phenoxy) is 1. The summed E-state index contributed by atoms with van der Waals surface area (Å²) >= 11 is 0. The van der Waals surface area contributed by atoms with Crippen molar-refractivity contribution < 1.29 is 9.53 Å².